The van der Waals surface area contributed by atoms with Crippen molar-refractivity contribution in [3.63, 3.8) is 0 Å². The van der Waals surface area contributed by atoms with Gasteiger partial charge in [0.1, 0.15) is 5.69 Å². The van der Waals surface area contributed by atoms with Crippen LogP contribution in [0.15, 0.2) is 18.2 Å². The average Bonchev–Trinajstić information content (AvgIpc) is 2.38. The number of hydrogen-bond donors (Lipinski definition) is 1. The number of benzene rings is 1. The number of nitro benzene ring substituents is 1. The first-order valence-electron chi connectivity index (χ1n) is 6.49. The summed E-state index contributed by atoms with van der Waals surface area (Å²) < 4.78 is 13.4. The van der Waals surface area contributed by atoms with Gasteiger partial charge in [0.15, 0.2) is 0 Å². The van der Waals surface area contributed by atoms with Crippen LogP contribution in [0.2, 0.25) is 0 Å². The highest BCUT2D eigenvalue weighted by molar-refractivity contribution is 5.61. The Morgan fingerprint density at radius 3 is 2.63 bits per heavy atom. The van der Waals surface area contributed by atoms with E-state index in [1.54, 1.807) is 0 Å². The minimum Gasteiger partial charge on any atom is -0.379 e. The smallest absolute Gasteiger partial charge is 0.327 e. The molecule has 0 aliphatic rings. The van der Waals surface area contributed by atoms with Crippen LogP contribution in [0.1, 0.15) is 20.3 Å². The molecular weight excluding hydrogens is 249 g/mol. The molecule has 0 unspecified atom stereocenters. The summed E-state index contributed by atoms with van der Waals surface area (Å²) in [6, 6.07) is 4.09. The van der Waals surface area contributed by atoms with E-state index in [9.17, 15) is 14.5 Å². The van der Waals surface area contributed by atoms with Crippen LogP contribution in [0.4, 0.5) is 15.8 Å². The van der Waals surface area contributed by atoms with Crippen molar-refractivity contribution in [3.05, 3.63) is 34.1 Å². The van der Waals surface area contributed by atoms with Gasteiger partial charge in [-0.05, 0) is 38.2 Å². The van der Waals surface area contributed by atoms with Gasteiger partial charge in [0.2, 0.25) is 5.82 Å². The first-order chi connectivity index (χ1) is 9.10. The predicted molar refractivity (Wildman–Crippen MR) is 73.9 cm³/mol. The van der Waals surface area contributed by atoms with Gasteiger partial charge >= 0.3 is 5.69 Å². The lowest BCUT2D eigenvalue weighted by Crippen LogP contribution is -2.25. The summed E-state index contributed by atoms with van der Waals surface area (Å²) in [4.78, 5) is 12.4. The van der Waals surface area contributed by atoms with E-state index in [-0.39, 0.29) is 5.69 Å². The van der Waals surface area contributed by atoms with Gasteiger partial charge in [-0.25, -0.2) is 0 Å². The summed E-state index contributed by atoms with van der Waals surface area (Å²) >= 11 is 0. The van der Waals surface area contributed by atoms with E-state index in [4.69, 9.17) is 0 Å². The molecule has 0 aromatic heterocycles. The number of hydrogen-bond acceptors (Lipinski definition) is 4. The zero-order valence-electron chi connectivity index (χ0n) is 11.4. The Bertz CT molecular complexity index is 422. The summed E-state index contributed by atoms with van der Waals surface area (Å²) in [6.07, 6.45) is 0.856. The van der Waals surface area contributed by atoms with E-state index in [1.807, 2.05) is 0 Å². The molecule has 0 aliphatic carbocycles. The fourth-order valence-corrected chi connectivity index (χ4v) is 1.91. The van der Waals surface area contributed by atoms with Crippen LogP contribution >= 0.6 is 0 Å². The first-order valence-corrected chi connectivity index (χ1v) is 6.49. The van der Waals surface area contributed by atoms with E-state index in [1.165, 1.54) is 12.1 Å². The zero-order chi connectivity index (χ0) is 14.3. The Labute approximate surface area is 112 Å². The van der Waals surface area contributed by atoms with Crippen molar-refractivity contribution in [1.29, 1.82) is 0 Å². The van der Waals surface area contributed by atoms with Crippen LogP contribution in [0.3, 0.4) is 0 Å². The minimum absolute atomic E-state index is 0.240. The molecule has 106 valence electrons. The maximum Gasteiger partial charge on any atom is 0.327 e. The Morgan fingerprint density at radius 1 is 1.37 bits per heavy atom. The molecule has 19 heavy (non-hydrogen) atoms. The van der Waals surface area contributed by atoms with E-state index < -0.39 is 16.4 Å². The van der Waals surface area contributed by atoms with E-state index >= 15 is 0 Å². The predicted octanol–water partition coefficient (Wildman–Crippen LogP) is 2.88. The fraction of sp³-hybridized carbons (Fsp3) is 0.538. The number of halogens is 1. The molecule has 0 spiro atoms. The number of para-hydroxylation sites is 1. The van der Waals surface area contributed by atoms with Gasteiger partial charge in [-0.15, -0.1) is 0 Å². The third-order valence-electron chi connectivity index (χ3n) is 3.03. The lowest BCUT2D eigenvalue weighted by Gasteiger charge is -2.17. The van der Waals surface area contributed by atoms with E-state index in [2.05, 4.69) is 24.1 Å². The molecule has 1 aromatic rings. The Balaban J connectivity index is 2.54. The molecule has 1 N–H and O–H groups in total. The molecule has 6 heteroatoms. The standard InChI is InChI=1S/C13H20FN3O2/c1-3-16(4-2)10-6-9-15-12-8-5-7-11(14)13(12)17(18)19/h5,7-8,15H,3-4,6,9-10H2,1-2H3. The molecule has 0 saturated carbocycles. The number of anilines is 1. The SMILES string of the molecule is CCN(CC)CCCNc1cccc(F)c1[N+](=O)[O-]. The minimum atomic E-state index is -0.807. The summed E-state index contributed by atoms with van der Waals surface area (Å²) in [7, 11) is 0. The number of rotatable bonds is 8. The molecule has 0 fully saturated rings. The van der Waals surface area contributed by atoms with Gasteiger partial charge in [-0.1, -0.05) is 19.9 Å². The highest BCUT2D eigenvalue weighted by atomic mass is 19.1. The van der Waals surface area contributed by atoms with Gasteiger partial charge in [-0.3, -0.25) is 10.1 Å². The van der Waals surface area contributed by atoms with Gasteiger partial charge < -0.3 is 10.2 Å². The summed E-state index contributed by atoms with van der Waals surface area (Å²) in [5, 5.41) is 13.7. The normalized spacial score (nSPS) is 10.7. The number of nitro groups is 1. The lowest BCUT2D eigenvalue weighted by atomic mass is 10.2. The fourth-order valence-electron chi connectivity index (χ4n) is 1.91. The van der Waals surface area contributed by atoms with Crippen molar-refractivity contribution in [2.75, 3.05) is 31.5 Å². The molecule has 0 atom stereocenters. The first kappa shape index (κ1) is 15.4. The second kappa shape index (κ2) is 7.68. The van der Waals surface area contributed by atoms with Crippen LogP contribution in [-0.4, -0.2) is 36.0 Å². The van der Waals surface area contributed by atoms with Crippen LogP contribution in [0.5, 0.6) is 0 Å². The largest absolute Gasteiger partial charge is 0.379 e. The third-order valence-corrected chi connectivity index (χ3v) is 3.03. The number of nitrogens with one attached hydrogen (secondary N) is 1. The second-order valence-electron chi connectivity index (χ2n) is 4.20. The number of nitrogens with zero attached hydrogens (tertiary/aromatic N) is 2. The van der Waals surface area contributed by atoms with Gasteiger partial charge in [-0.2, -0.15) is 4.39 Å². The van der Waals surface area contributed by atoms with Crippen LogP contribution < -0.4 is 5.32 Å². The Kier molecular flexibility index (Phi) is 6.21. The monoisotopic (exact) mass is 269 g/mol. The van der Waals surface area contributed by atoms with Crippen LogP contribution in [-0.2, 0) is 0 Å². The van der Waals surface area contributed by atoms with Crippen LogP contribution in [0, 0.1) is 15.9 Å². The topological polar surface area (TPSA) is 58.4 Å². The zero-order valence-corrected chi connectivity index (χ0v) is 11.4. The quantitative estimate of drug-likeness (QED) is 0.448. The maximum absolute atomic E-state index is 13.4. The molecule has 0 saturated heterocycles. The van der Waals surface area contributed by atoms with Crippen LogP contribution in [0.25, 0.3) is 0 Å². The molecule has 0 amide bonds. The molecule has 5 nitrogen and oxygen atoms in total. The molecule has 0 aliphatic heterocycles. The second-order valence-corrected chi connectivity index (χ2v) is 4.20. The van der Waals surface area contributed by atoms with Crippen molar-refractivity contribution < 1.29 is 9.31 Å². The average molecular weight is 269 g/mol. The molecule has 1 aromatic carbocycles. The highest BCUT2D eigenvalue weighted by Crippen LogP contribution is 2.26. The molecular formula is C13H20FN3O2. The van der Waals surface area contributed by atoms with Gasteiger partial charge in [0, 0.05) is 6.54 Å². The summed E-state index contributed by atoms with van der Waals surface area (Å²) in [5.41, 5.74) is -0.241. The molecule has 1 rings (SSSR count). The molecule has 0 heterocycles. The Hall–Kier alpha value is -1.69. The highest BCUT2D eigenvalue weighted by Gasteiger charge is 2.19. The van der Waals surface area contributed by atoms with Crippen molar-refractivity contribution in [2.24, 2.45) is 0 Å². The van der Waals surface area contributed by atoms with E-state index in [0.717, 1.165) is 32.1 Å². The summed E-state index contributed by atoms with van der Waals surface area (Å²) in [6.45, 7) is 7.65. The van der Waals surface area contributed by atoms with Crippen molar-refractivity contribution in [3.8, 4) is 0 Å². The maximum atomic E-state index is 13.4. The van der Waals surface area contributed by atoms with Gasteiger partial charge in [0.05, 0.1) is 4.92 Å². The van der Waals surface area contributed by atoms with Crippen molar-refractivity contribution in [1.82, 2.24) is 4.90 Å². The lowest BCUT2D eigenvalue weighted by molar-refractivity contribution is -0.386. The third kappa shape index (κ3) is 4.48. The van der Waals surface area contributed by atoms with Gasteiger partial charge in [0.25, 0.3) is 0 Å². The van der Waals surface area contributed by atoms with Crippen molar-refractivity contribution >= 4 is 11.4 Å². The van der Waals surface area contributed by atoms with E-state index in [0.29, 0.717) is 6.54 Å². The molecule has 0 bridgehead atoms. The Morgan fingerprint density at radius 2 is 2.05 bits per heavy atom. The molecule has 0 radical (unpaired) electrons. The van der Waals surface area contributed by atoms with Crippen molar-refractivity contribution in [2.45, 2.75) is 20.3 Å². The summed E-state index contributed by atoms with van der Waals surface area (Å²) in [5.74, 6) is -0.807.